The van der Waals surface area contributed by atoms with Crippen molar-refractivity contribution in [1.29, 1.82) is 0 Å². The van der Waals surface area contributed by atoms with Crippen LogP contribution in [0.25, 0.3) is 0 Å². The molecule has 1 amide bonds. The zero-order valence-corrected chi connectivity index (χ0v) is 48.2. The summed E-state index contributed by atoms with van der Waals surface area (Å²) in [5.41, 5.74) is 0. The molecule has 0 rings (SSSR count). The van der Waals surface area contributed by atoms with Gasteiger partial charge in [-0.1, -0.05) is 315 Å². The fourth-order valence-corrected chi connectivity index (χ4v) is 10.3. The van der Waals surface area contributed by atoms with E-state index >= 15 is 0 Å². The number of nitrogens with one attached hydrogen (secondary N) is 1. The van der Waals surface area contributed by atoms with Crippen LogP contribution in [0.15, 0.2) is 12.2 Å². The van der Waals surface area contributed by atoms with Crippen LogP contribution < -0.4 is 5.32 Å². The molecule has 0 radical (unpaired) electrons. The Morgan fingerprint density at radius 3 is 1.03 bits per heavy atom. The molecule has 422 valence electrons. The molecule has 6 heteroatoms. The zero-order chi connectivity index (χ0) is 51.4. The number of carbonyl (C=O) groups excluding carboxylic acids is 2. The van der Waals surface area contributed by atoms with Gasteiger partial charge in [0.2, 0.25) is 5.91 Å². The molecule has 0 bridgehead atoms. The normalized spacial score (nSPS) is 12.6. The minimum atomic E-state index is -0.664. The predicted molar refractivity (Wildman–Crippen MR) is 310 cm³/mol. The maximum atomic E-state index is 12.5. The summed E-state index contributed by atoms with van der Waals surface area (Å²) in [4.78, 5) is 24.5. The molecule has 6 nitrogen and oxygen atoms in total. The molecule has 0 spiro atoms. The first-order valence-electron chi connectivity index (χ1n) is 32.4. The number of hydrogen-bond acceptors (Lipinski definition) is 5. The smallest absolute Gasteiger partial charge is 0.305 e. The number of amides is 1. The van der Waals surface area contributed by atoms with Crippen molar-refractivity contribution in [2.45, 2.75) is 379 Å². The van der Waals surface area contributed by atoms with Crippen molar-refractivity contribution in [2.75, 3.05) is 13.2 Å². The summed E-state index contributed by atoms with van der Waals surface area (Å²) in [6.45, 7) is 4.96. The van der Waals surface area contributed by atoms with Crippen molar-refractivity contribution in [3.05, 3.63) is 12.2 Å². The van der Waals surface area contributed by atoms with E-state index in [2.05, 4.69) is 31.3 Å². The van der Waals surface area contributed by atoms with E-state index < -0.39 is 12.1 Å². The van der Waals surface area contributed by atoms with E-state index in [1.807, 2.05) is 0 Å². The van der Waals surface area contributed by atoms with Gasteiger partial charge >= 0.3 is 5.97 Å². The van der Waals surface area contributed by atoms with Gasteiger partial charge in [0.05, 0.1) is 25.4 Å². The van der Waals surface area contributed by atoms with Crippen molar-refractivity contribution in [3.63, 3.8) is 0 Å². The van der Waals surface area contributed by atoms with Gasteiger partial charge < -0.3 is 20.3 Å². The van der Waals surface area contributed by atoms with Crippen LogP contribution in [-0.4, -0.2) is 47.4 Å². The molecule has 0 aromatic carbocycles. The van der Waals surface area contributed by atoms with Gasteiger partial charge in [0.25, 0.3) is 0 Å². The molecule has 0 fully saturated rings. The third kappa shape index (κ3) is 57.7. The molecule has 71 heavy (non-hydrogen) atoms. The SMILES string of the molecule is CCCCC/C=C\CCCCCCCC(=O)OCCCCCCCCCCCCCCCCCCCCCCCCCC(=O)NC(CO)C(O)CCCCCCCCCCCCCCCCCCCCC. The first-order valence-corrected chi connectivity index (χ1v) is 32.4. The van der Waals surface area contributed by atoms with Crippen molar-refractivity contribution in [2.24, 2.45) is 0 Å². The number of rotatable bonds is 61. The Labute approximate surface area is 444 Å². The number of esters is 1. The summed E-state index contributed by atoms with van der Waals surface area (Å²) in [7, 11) is 0. The standard InChI is InChI=1S/C65H127NO5/c1-3-5-7-9-11-13-15-17-18-19-25-28-31-34-37-41-45-49-53-57-63(68)62(61-67)66-64(69)58-54-50-46-42-38-35-32-29-26-23-21-20-22-24-27-30-33-36-40-44-48-52-56-60-71-65(70)59-55-51-47-43-39-16-14-12-10-8-6-4-2/h12,14,62-63,67-68H,3-11,13,15-61H2,1-2H3,(H,66,69)/b14-12-. The molecule has 2 unspecified atom stereocenters. The highest BCUT2D eigenvalue weighted by molar-refractivity contribution is 5.76. The number of carbonyl (C=O) groups is 2. The monoisotopic (exact) mass is 1000 g/mol. The summed E-state index contributed by atoms with van der Waals surface area (Å²) >= 11 is 0. The number of aliphatic hydroxyl groups is 2. The van der Waals surface area contributed by atoms with Crippen molar-refractivity contribution in [3.8, 4) is 0 Å². The van der Waals surface area contributed by atoms with Crippen LogP contribution in [0, 0.1) is 0 Å². The average molecular weight is 1000 g/mol. The maximum absolute atomic E-state index is 12.5. The second-order valence-corrected chi connectivity index (χ2v) is 22.5. The van der Waals surface area contributed by atoms with Crippen molar-refractivity contribution < 1.29 is 24.5 Å². The number of hydrogen-bond donors (Lipinski definition) is 3. The highest BCUT2D eigenvalue weighted by atomic mass is 16.5. The lowest BCUT2D eigenvalue weighted by molar-refractivity contribution is -0.143. The molecule has 0 aromatic rings. The molecule has 0 saturated carbocycles. The Kier molecular flexibility index (Phi) is 59.9. The highest BCUT2D eigenvalue weighted by Gasteiger charge is 2.20. The molecule has 0 aliphatic rings. The molecule has 0 saturated heterocycles. The number of ether oxygens (including phenoxy) is 1. The van der Waals surface area contributed by atoms with E-state index in [0.717, 1.165) is 44.9 Å². The Morgan fingerprint density at radius 1 is 0.380 bits per heavy atom. The second-order valence-electron chi connectivity index (χ2n) is 22.5. The van der Waals surface area contributed by atoms with Crippen LogP contribution in [0.3, 0.4) is 0 Å². The van der Waals surface area contributed by atoms with Crippen molar-refractivity contribution in [1.82, 2.24) is 5.32 Å². The van der Waals surface area contributed by atoms with Gasteiger partial charge in [-0.15, -0.1) is 0 Å². The molecular weight excluding hydrogens is 875 g/mol. The Hall–Kier alpha value is -1.40. The molecule has 0 heterocycles. The van der Waals surface area contributed by atoms with E-state index in [4.69, 9.17) is 4.74 Å². The van der Waals surface area contributed by atoms with Gasteiger partial charge in [-0.25, -0.2) is 0 Å². The number of aliphatic hydroxyl groups excluding tert-OH is 2. The molecule has 0 aliphatic heterocycles. The van der Waals surface area contributed by atoms with Gasteiger partial charge in [-0.05, 0) is 51.4 Å². The van der Waals surface area contributed by atoms with E-state index in [-0.39, 0.29) is 18.5 Å². The average Bonchev–Trinajstić information content (AvgIpc) is 3.37. The van der Waals surface area contributed by atoms with Gasteiger partial charge in [-0.2, -0.15) is 0 Å². The summed E-state index contributed by atoms with van der Waals surface area (Å²) in [5.74, 6) is -0.0255. The van der Waals surface area contributed by atoms with E-state index in [1.165, 1.54) is 289 Å². The number of unbranched alkanes of at least 4 members (excludes halogenated alkanes) is 48. The quantitative estimate of drug-likeness (QED) is 0.0320. The van der Waals surface area contributed by atoms with E-state index in [9.17, 15) is 19.8 Å². The van der Waals surface area contributed by atoms with Crippen LogP contribution in [-0.2, 0) is 14.3 Å². The fourth-order valence-electron chi connectivity index (χ4n) is 10.3. The lowest BCUT2D eigenvalue weighted by Gasteiger charge is -2.22. The van der Waals surface area contributed by atoms with Crippen LogP contribution >= 0.6 is 0 Å². The number of allylic oxidation sites excluding steroid dienone is 2. The van der Waals surface area contributed by atoms with Crippen LogP contribution in [0.4, 0.5) is 0 Å². The van der Waals surface area contributed by atoms with Crippen molar-refractivity contribution >= 4 is 11.9 Å². The third-order valence-corrected chi connectivity index (χ3v) is 15.3. The third-order valence-electron chi connectivity index (χ3n) is 15.3. The van der Waals surface area contributed by atoms with Crippen LogP contribution in [0.1, 0.15) is 367 Å². The van der Waals surface area contributed by atoms with E-state index in [1.54, 1.807) is 0 Å². The minimum absolute atomic E-state index is 0.00513. The fraction of sp³-hybridized carbons (Fsp3) is 0.938. The van der Waals surface area contributed by atoms with Crippen LogP contribution in [0.5, 0.6) is 0 Å². The topological polar surface area (TPSA) is 95.9 Å². The van der Waals surface area contributed by atoms with E-state index in [0.29, 0.717) is 25.9 Å². The molecular formula is C65H127NO5. The Balaban J connectivity index is 3.37. The zero-order valence-electron chi connectivity index (χ0n) is 48.2. The molecule has 2 atom stereocenters. The highest BCUT2D eigenvalue weighted by Crippen LogP contribution is 2.19. The van der Waals surface area contributed by atoms with Crippen LogP contribution in [0.2, 0.25) is 0 Å². The summed E-state index contributed by atoms with van der Waals surface area (Å²) in [6.07, 6.45) is 73.7. The maximum Gasteiger partial charge on any atom is 0.305 e. The Morgan fingerprint density at radius 2 is 0.662 bits per heavy atom. The predicted octanol–water partition coefficient (Wildman–Crippen LogP) is 20.4. The lowest BCUT2D eigenvalue weighted by Crippen LogP contribution is -2.45. The molecule has 0 aliphatic carbocycles. The lowest BCUT2D eigenvalue weighted by atomic mass is 10.0. The summed E-state index contributed by atoms with van der Waals surface area (Å²) in [6, 6.07) is -0.541. The minimum Gasteiger partial charge on any atom is -0.466 e. The van der Waals surface area contributed by atoms with Gasteiger partial charge in [0.1, 0.15) is 0 Å². The molecule has 0 aromatic heterocycles. The van der Waals surface area contributed by atoms with Gasteiger partial charge in [-0.3, -0.25) is 9.59 Å². The van der Waals surface area contributed by atoms with Gasteiger partial charge in [0.15, 0.2) is 0 Å². The molecule has 3 N–H and O–H groups in total. The summed E-state index contributed by atoms with van der Waals surface area (Å²) in [5, 5.41) is 23.4. The van der Waals surface area contributed by atoms with Gasteiger partial charge in [0, 0.05) is 12.8 Å². The second kappa shape index (κ2) is 61.1. The summed E-state index contributed by atoms with van der Waals surface area (Å²) < 4.78 is 5.47. The first kappa shape index (κ1) is 69.6. The largest absolute Gasteiger partial charge is 0.466 e. The first-order chi connectivity index (χ1) is 35.0. The Bertz CT molecular complexity index is 1060.